The molecule has 1 aromatic heterocycles. The van der Waals surface area contributed by atoms with Crippen LogP contribution in [-0.2, 0) is 12.3 Å². The van der Waals surface area contributed by atoms with Gasteiger partial charge < -0.3 is 9.52 Å². The Hall–Kier alpha value is -1.39. The number of furan rings is 1. The summed E-state index contributed by atoms with van der Waals surface area (Å²) in [5.41, 5.74) is 0.318. The Balaban J connectivity index is 2.49. The van der Waals surface area contributed by atoms with Gasteiger partial charge in [-0.2, -0.15) is 8.78 Å². The van der Waals surface area contributed by atoms with Crippen molar-refractivity contribution in [1.82, 2.24) is 0 Å². The number of hydrogen-bond acceptors (Lipinski definition) is 2. The number of halogens is 2. The van der Waals surface area contributed by atoms with Gasteiger partial charge in [0.15, 0.2) is 5.76 Å². The number of hydrogen-bond donors (Lipinski definition) is 1. The molecule has 0 atom stereocenters. The van der Waals surface area contributed by atoms with Crippen molar-refractivity contribution in [3.63, 3.8) is 0 Å². The zero-order chi connectivity index (χ0) is 10.3. The van der Waals surface area contributed by atoms with Crippen LogP contribution in [0, 0.1) is 0 Å². The van der Waals surface area contributed by atoms with Crippen molar-refractivity contribution in [2.45, 2.75) is 25.2 Å². The quantitative estimate of drug-likeness (QED) is 0.760. The molecule has 0 amide bonds. The van der Waals surface area contributed by atoms with Crippen molar-refractivity contribution in [1.29, 1.82) is 0 Å². The lowest BCUT2D eigenvalue weighted by Crippen LogP contribution is -2.18. The molecule has 1 heterocycles. The van der Waals surface area contributed by atoms with E-state index in [9.17, 15) is 13.6 Å². The Morgan fingerprint density at radius 2 is 2.29 bits per heavy atom. The number of alkyl halides is 2. The van der Waals surface area contributed by atoms with Crippen LogP contribution in [0.5, 0.6) is 0 Å². The second-order valence-corrected chi connectivity index (χ2v) is 3.33. The average Bonchev–Trinajstić information content (AvgIpc) is 2.48. The van der Waals surface area contributed by atoms with Crippen LogP contribution in [0.1, 0.15) is 34.7 Å². The highest BCUT2D eigenvalue weighted by Crippen LogP contribution is 2.41. The van der Waals surface area contributed by atoms with Gasteiger partial charge in [-0.15, -0.1) is 0 Å². The molecule has 76 valence electrons. The molecule has 1 aliphatic rings. The first kappa shape index (κ1) is 9.18. The van der Waals surface area contributed by atoms with Gasteiger partial charge in [0.25, 0.3) is 0 Å². The smallest absolute Gasteiger partial charge is 0.371 e. The lowest BCUT2D eigenvalue weighted by molar-refractivity contribution is -0.0432. The minimum atomic E-state index is -3.01. The zero-order valence-corrected chi connectivity index (χ0v) is 7.22. The molecule has 0 unspecified atom stereocenters. The second-order valence-electron chi connectivity index (χ2n) is 3.33. The molecule has 0 fully saturated rings. The first-order valence-electron chi connectivity index (χ1n) is 4.25. The van der Waals surface area contributed by atoms with Crippen molar-refractivity contribution < 1.29 is 23.1 Å². The SMILES string of the molecule is O=C(O)c1cc2c(o1)C(F)(F)CCC2. The van der Waals surface area contributed by atoms with Crippen molar-refractivity contribution in [2.24, 2.45) is 0 Å². The Labute approximate surface area is 78.3 Å². The summed E-state index contributed by atoms with van der Waals surface area (Å²) in [6.07, 6.45) is 0.548. The van der Waals surface area contributed by atoms with Gasteiger partial charge in [0.1, 0.15) is 0 Å². The summed E-state index contributed by atoms with van der Waals surface area (Å²) in [7, 11) is 0. The third kappa shape index (κ3) is 1.29. The van der Waals surface area contributed by atoms with Gasteiger partial charge in [0.05, 0.1) is 0 Å². The summed E-state index contributed by atoms with van der Waals surface area (Å²) < 4.78 is 31.0. The van der Waals surface area contributed by atoms with E-state index in [-0.39, 0.29) is 6.42 Å². The van der Waals surface area contributed by atoms with E-state index in [1.54, 1.807) is 0 Å². The topological polar surface area (TPSA) is 50.4 Å². The minimum absolute atomic E-state index is 0.271. The maximum absolute atomic E-state index is 13.2. The predicted octanol–water partition coefficient (Wildman–Crippen LogP) is 2.41. The summed E-state index contributed by atoms with van der Waals surface area (Å²) in [5.74, 6) is -5.20. The van der Waals surface area contributed by atoms with E-state index in [0.717, 1.165) is 0 Å². The van der Waals surface area contributed by atoms with Gasteiger partial charge in [0.2, 0.25) is 5.76 Å². The molecule has 1 aliphatic carbocycles. The second kappa shape index (κ2) is 2.80. The fraction of sp³-hybridized carbons (Fsp3) is 0.444. The molecule has 0 spiro atoms. The van der Waals surface area contributed by atoms with E-state index in [0.29, 0.717) is 18.4 Å². The van der Waals surface area contributed by atoms with Crippen molar-refractivity contribution >= 4 is 5.97 Å². The average molecular weight is 202 g/mol. The normalized spacial score (nSPS) is 19.0. The van der Waals surface area contributed by atoms with Gasteiger partial charge in [-0.05, 0) is 18.9 Å². The van der Waals surface area contributed by atoms with E-state index in [2.05, 4.69) is 4.42 Å². The highest BCUT2D eigenvalue weighted by molar-refractivity contribution is 5.84. The molecule has 1 N–H and O–H groups in total. The predicted molar refractivity (Wildman–Crippen MR) is 42.5 cm³/mol. The summed E-state index contributed by atoms with van der Waals surface area (Å²) in [6, 6.07) is 1.19. The van der Waals surface area contributed by atoms with Gasteiger partial charge >= 0.3 is 11.9 Å². The summed E-state index contributed by atoms with van der Waals surface area (Å²) in [4.78, 5) is 10.5. The van der Waals surface area contributed by atoms with Gasteiger partial charge in [-0.3, -0.25) is 0 Å². The van der Waals surface area contributed by atoms with Crippen LogP contribution < -0.4 is 0 Å². The monoisotopic (exact) mass is 202 g/mol. The highest BCUT2D eigenvalue weighted by atomic mass is 19.3. The lowest BCUT2D eigenvalue weighted by atomic mass is 9.95. The number of aromatic carboxylic acids is 1. The Morgan fingerprint density at radius 1 is 1.57 bits per heavy atom. The molecular weight excluding hydrogens is 194 g/mol. The maximum atomic E-state index is 13.2. The first-order valence-corrected chi connectivity index (χ1v) is 4.25. The molecule has 0 aromatic carbocycles. The molecule has 14 heavy (non-hydrogen) atoms. The maximum Gasteiger partial charge on any atom is 0.371 e. The fourth-order valence-corrected chi connectivity index (χ4v) is 1.64. The number of carboxylic acids is 1. The number of rotatable bonds is 1. The van der Waals surface area contributed by atoms with Crippen molar-refractivity contribution in [3.8, 4) is 0 Å². The lowest BCUT2D eigenvalue weighted by Gasteiger charge is -2.19. The molecule has 1 aromatic rings. The zero-order valence-electron chi connectivity index (χ0n) is 7.22. The molecule has 0 bridgehead atoms. The van der Waals surface area contributed by atoms with E-state index >= 15 is 0 Å². The summed E-state index contributed by atoms with van der Waals surface area (Å²) >= 11 is 0. The van der Waals surface area contributed by atoms with Crippen LogP contribution in [0.4, 0.5) is 8.78 Å². The minimum Gasteiger partial charge on any atom is -0.475 e. The number of carbonyl (C=O) groups is 1. The number of carboxylic acid groups (broad SMARTS) is 1. The van der Waals surface area contributed by atoms with Crippen molar-refractivity contribution in [2.75, 3.05) is 0 Å². The summed E-state index contributed by atoms with van der Waals surface area (Å²) in [5, 5.41) is 8.57. The van der Waals surface area contributed by atoms with Gasteiger partial charge in [-0.25, -0.2) is 4.79 Å². The molecule has 0 aliphatic heterocycles. The molecule has 0 saturated carbocycles. The van der Waals surface area contributed by atoms with Crippen LogP contribution in [0.2, 0.25) is 0 Å². The van der Waals surface area contributed by atoms with Crippen LogP contribution in [0.15, 0.2) is 10.5 Å². The van der Waals surface area contributed by atoms with E-state index in [1.165, 1.54) is 6.07 Å². The molecule has 5 heteroatoms. The molecular formula is C9H8F2O3. The van der Waals surface area contributed by atoms with E-state index < -0.39 is 23.4 Å². The molecule has 0 saturated heterocycles. The van der Waals surface area contributed by atoms with Gasteiger partial charge in [0, 0.05) is 12.0 Å². The molecule has 2 rings (SSSR count). The largest absolute Gasteiger partial charge is 0.475 e. The standard InChI is InChI=1S/C9H8F2O3/c10-9(11)3-1-2-5-4-6(8(12)13)14-7(5)9/h4H,1-3H2,(H,12,13). The Kier molecular flexibility index (Phi) is 1.83. The first-order chi connectivity index (χ1) is 6.50. The molecule has 0 radical (unpaired) electrons. The Bertz CT molecular complexity index is 381. The van der Waals surface area contributed by atoms with E-state index in [1.807, 2.05) is 0 Å². The third-order valence-corrected chi connectivity index (χ3v) is 2.29. The van der Waals surface area contributed by atoms with Crippen LogP contribution >= 0.6 is 0 Å². The van der Waals surface area contributed by atoms with Crippen LogP contribution in [-0.4, -0.2) is 11.1 Å². The molecule has 3 nitrogen and oxygen atoms in total. The van der Waals surface area contributed by atoms with Crippen LogP contribution in [0.25, 0.3) is 0 Å². The number of aryl methyl sites for hydroxylation is 1. The van der Waals surface area contributed by atoms with E-state index in [4.69, 9.17) is 5.11 Å². The summed E-state index contributed by atoms with van der Waals surface area (Å²) in [6.45, 7) is 0. The highest BCUT2D eigenvalue weighted by Gasteiger charge is 2.41. The van der Waals surface area contributed by atoms with Crippen LogP contribution in [0.3, 0.4) is 0 Å². The third-order valence-electron chi connectivity index (χ3n) is 2.29. The van der Waals surface area contributed by atoms with Gasteiger partial charge in [-0.1, -0.05) is 0 Å². The van der Waals surface area contributed by atoms with Crippen molar-refractivity contribution in [3.05, 3.63) is 23.2 Å². The fourth-order valence-electron chi connectivity index (χ4n) is 1.64. The number of fused-ring (bicyclic) bond motifs is 1. The Morgan fingerprint density at radius 3 is 2.86 bits per heavy atom.